The first kappa shape index (κ1) is 16.7. The molecular weight excluding hydrogens is 334 g/mol. The molecule has 2 unspecified atom stereocenters. The molecule has 7 heteroatoms. The van der Waals surface area contributed by atoms with Crippen molar-refractivity contribution in [2.75, 3.05) is 20.1 Å². The number of nitrogens with zero attached hydrogens (tertiary/aromatic N) is 3. The van der Waals surface area contributed by atoms with Crippen LogP contribution in [0.2, 0.25) is 0 Å². The van der Waals surface area contributed by atoms with E-state index >= 15 is 0 Å². The number of carbonyl (C=O) groups is 1. The number of nitrogens with one attached hydrogen (secondary N) is 2. The molecule has 1 fully saturated rings. The monoisotopic (exact) mass is 359 g/mol. The molecule has 2 aliphatic rings. The summed E-state index contributed by atoms with van der Waals surface area (Å²) in [6.45, 7) is 4.14. The molecule has 1 amide bonds. The molecule has 2 N–H and O–H groups in total. The Kier molecular flexibility index (Phi) is 4.60. The molecule has 6 nitrogen and oxygen atoms in total. The Hall–Kier alpha value is -1.73. The van der Waals surface area contributed by atoms with Crippen LogP contribution in [0, 0.1) is 6.92 Å². The molecular formula is C18H25N5OS. The summed E-state index contributed by atoms with van der Waals surface area (Å²) in [5, 5.41) is 4.29. The number of aryl methyl sites for hydroxylation is 2. The lowest BCUT2D eigenvalue weighted by molar-refractivity contribution is 0.0935. The van der Waals surface area contributed by atoms with Gasteiger partial charge in [0.2, 0.25) is 0 Å². The molecule has 0 saturated carbocycles. The molecule has 1 saturated heterocycles. The molecule has 2 atom stereocenters. The lowest BCUT2D eigenvalue weighted by Crippen LogP contribution is -2.31. The number of hydrogen-bond acceptors (Lipinski definition) is 5. The van der Waals surface area contributed by atoms with E-state index in [1.165, 1.54) is 6.42 Å². The van der Waals surface area contributed by atoms with Gasteiger partial charge in [0.15, 0.2) is 0 Å². The third kappa shape index (κ3) is 3.35. The fraction of sp³-hybridized carbons (Fsp3) is 0.611. The normalized spacial score (nSPS) is 24.1. The predicted octanol–water partition coefficient (Wildman–Crippen LogP) is 2.79. The summed E-state index contributed by atoms with van der Waals surface area (Å²) in [4.78, 5) is 28.3. The van der Waals surface area contributed by atoms with E-state index in [0.29, 0.717) is 5.92 Å². The van der Waals surface area contributed by atoms with Crippen LogP contribution in [0.15, 0.2) is 6.33 Å². The lowest BCUT2D eigenvalue weighted by atomic mass is 9.96. The summed E-state index contributed by atoms with van der Waals surface area (Å²) >= 11 is 1.57. The van der Waals surface area contributed by atoms with Gasteiger partial charge < -0.3 is 15.2 Å². The molecule has 4 rings (SSSR count). The van der Waals surface area contributed by atoms with E-state index in [-0.39, 0.29) is 11.9 Å². The van der Waals surface area contributed by atoms with Crippen molar-refractivity contribution in [1.29, 1.82) is 0 Å². The van der Waals surface area contributed by atoms with Crippen molar-refractivity contribution in [3.63, 3.8) is 0 Å². The Morgan fingerprint density at radius 3 is 3.12 bits per heavy atom. The number of H-pyrrole nitrogens is 1. The number of piperidine rings is 1. The van der Waals surface area contributed by atoms with Crippen LogP contribution in [0.25, 0.3) is 0 Å². The van der Waals surface area contributed by atoms with E-state index in [2.05, 4.69) is 27.2 Å². The fourth-order valence-corrected chi connectivity index (χ4v) is 5.08. The number of aromatic nitrogens is 3. The fourth-order valence-electron chi connectivity index (χ4n) is 3.99. The number of amides is 1. The highest BCUT2D eigenvalue weighted by atomic mass is 32.1. The Morgan fingerprint density at radius 2 is 2.28 bits per heavy atom. The van der Waals surface area contributed by atoms with Gasteiger partial charge in [-0.1, -0.05) is 0 Å². The summed E-state index contributed by atoms with van der Waals surface area (Å²) in [7, 11) is 2.16. The Labute approximate surface area is 152 Å². The van der Waals surface area contributed by atoms with Gasteiger partial charge in [0.25, 0.3) is 5.91 Å². The molecule has 25 heavy (non-hydrogen) atoms. The van der Waals surface area contributed by atoms with E-state index in [9.17, 15) is 4.79 Å². The summed E-state index contributed by atoms with van der Waals surface area (Å²) in [5.41, 5.74) is 3.00. The third-order valence-electron chi connectivity index (χ3n) is 5.30. The highest BCUT2D eigenvalue weighted by Crippen LogP contribution is 2.32. The third-order valence-corrected chi connectivity index (χ3v) is 6.62. The van der Waals surface area contributed by atoms with E-state index in [4.69, 9.17) is 4.98 Å². The zero-order valence-corrected chi connectivity index (χ0v) is 15.7. The number of rotatable bonds is 3. The van der Waals surface area contributed by atoms with Crippen molar-refractivity contribution in [3.8, 4) is 0 Å². The first-order chi connectivity index (χ1) is 12.1. The summed E-state index contributed by atoms with van der Waals surface area (Å²) in [6.07, 6.45) is 7.12. The first-order valence-corrected chi connectivity index (χ1v) is 9.92. The number of fused-ring (bicyclic) bond motifs is 1. The maximum absolute atomic E-state index is 12.8. The van der Waals surface area contributed by atoms with Gasteiger partial charge in [0.05, 0.1) is 28.8 Å². The van der Waals surface area contributed by atoms with Crippen LogP contribution in [-0.4, -0.2) is 45.9 Å². The van der Waals surface area contributed by atoms with Gasteiger partial charge in [-0.2, -0.15) is 0 Å². The van der Waals surface area contributed by atoms with E-state index in [1.807, 2.05) is 6.92 Å². The minimum Gasteiger partial charge on any atom is -0.348 e. The summed E-state index contributed by atoms with van der Waals surface area (Å²) in [5.74, 6) is 0.447. The maximum atomic E-state index is 12.8. The molecule has 1 aliphatic carbocycles. The molecule has 0 radical (unpaired) electrons. The van der Waals surface area contributed by atoms with Crippen molar-refractivity contribution >= 4 is 17.2 Å². The average molecular weight is 359 g/mol. The van der Waals surface area contributed by atoms with Gasteiger partial charge >= 0.3 is 0 Å². The molecule has 2 aromatic heterocycles. The van der Waals surface area contributed by atoms with Gasteiger partial charge in [-0.3, -0.25) is 4.79 Å². The quantitative estimate of drug-likeness (QED) is 0.884. The molecule has 0 spiro atoms. The summed E-state index contributed by atoms with van der Waals surface area (Å²) in [6, 6.07) is 0.00765. The largest absolute Gasteiger partial charge is 0.348 e. The van der Waals surface area contributed by atoms with Crippen molar-refractivity contribution in [2.45, 2.75) is 51.0 Å². The standard InChI is InChI=1S/C18H25N5OS/c1-11-16(25-18(21-11)12-5-4-8-23(2)9-12)17(24)22-14-7-3-6-13-15(14)20-10-19-13/h10,12,14H,3-9H2,1-2H3,(H,19,20)(H,22,24). The van der Waals surface area contributed by atoms with Crippen molar-refractivity contribution < 1.29 is 4.79 Å². The number of likely N-dealkylation sites (tertiary alicyclic amines) is 1. The number of carbonyl (C=O) groups excluding carboxylic acids is 1. The van der Waals surface area contributed by atoms with Crippen LogP contribution in [0.1, 0.15) is 69.4 Å². The van der Waals surface area contributed by atoms with Crippen molar-refractivity contribution in [2.24, 2.45) is 0 Å². The second-order valence-corrected chi connectivity index (χ2v) is 8.28. The van der Waals surface area contributed by atoms with Crippen LogP contribution < -0.4 is 5.32 Å². The molecule has 134 valence electrons. The number of likely N-dealkylation sites (N-methyl/N-ethyl adjacent to an activating group) is 1. The van der Waals surface area contributed by atoms with E-state index < -0.39 is 0 Å². The molecule has 0 bridgehead atoms. The highest BCUT2D eigenvalue weighted by Gasteiger charge is 2.28. The zero-order chi connectivity index (χ0) is 17.4. The minimum absolute atomic E-state index is 0.00765. The van der Waals surface area contributed by atoms with Gasteiger partial charge in [0.1, 0.15) is 4.88 Å². The smallest absolute Gasteiger partial charge is 0.263 e. The highest BCUT2D eigenvalue weighted by molar-refractivity contribution is 7.13. The van der Waals surface area contributed by atoms with Crippen LogP contribution in [0.3, 0.4) is 0 Å². The van der Waals surface area contributed by atoms with Crippen molar-refractivity contribution in [1.82, 2.24) is 25.2 Å². The Balaban J connectivity index is 1.50. The van der Waals surface area contributed by atoms with Gasteiger partial charge in [0, 0.05) is 18.2 Å². The van der Waals surface area contributed by atoms with Crippen LogP contribution >= 0.6 is 11.3 Å². The van der Waals surface area contributed by atoms with Crippen LogP contribution in [0.4, 0.5) is 0 Å². The van der Waals surface area contributed by atoms with Gasteiger partial charge in [-0.15, -0.1) is 11.3 Å². The molecule has 3 heterocycles. The number of hydrogen-bond donors (Lipinski definition) is 2. The van der Waals surface area contributed by atoms with Gasteiger partial charge in [-0.05, 0) is 52.6 Å². The van der Waals surface area contributed by atoms with Gasteiger partial charge in [-0.25, -0.2) is 9.97 Å². The second kappa shape index (κ2) is 6.88. The number of aromatic amines is 1. The maximum Gasteiger partial charge on any atom is 0.263 e. The van der Waals surface area contributed by atoms with Crippen LogP contribution in [-0.2, 0) is 6.42 Å². The molecule has 2 aromatic rings. The average Bonchev–Trinajstić information content (AvgIpc) is 3.22. The lowest BCUT2D eigenvalue weighted by Gasteiger charge is -2.28. The first-order valence-electron chi connectivity index (χ1n) is 9.10. The second-order valence-electron chi connectivity index (χ2n) is 7.25. The molecule has 1 aliphatic heterocycles. The van der Waals surface area contributed by atoms with E-state index in [1.54, 1.807) is 17.7 Å². The predicted molar refractivity (Wildman–Crippen MR) is 98.1 cm³/mol. The number of imidazole rings is 1. The SMILES string of the molecule is Cc1nc(C2CCCN(C)C2)sc1C(=O)NC1CCCc2[nH]cnc21. The van der Waals surface area contributed by atoms with Crippen LogP contribution in [0.5, 0.6) is 0 Å². The Bertz CT molecular complexity index is 767. The van der Waals surface area contributed by atoms with E-state index in [0.717, 1.165) is 65.7 Å². The van der Waals surface area contributed by atoms with Crippen molar-refractivity contribution in [3.05, 3.63) is 33.3 Å². The summed E-state index contributed by atoms with van der Waals surface area (Å²) < 4.78 is 0. The topological polar surface area (TPSA) is 73.9 Å². The minimum atomic E-state index is -0.00809. The molecule has 0 aromatic carbocycles. The number of thiazole rings is 1. The zero-order valence-electron chi connectivity index (χ0n) is 14.8. The Morgan fingerprint density at radius 1 is 1.40 bits per heavy atom.